The predicted molar refractivity (Wildman–Crippen MR) is 77.1 cm³/mol. The van der Waals surface area contributed by atoms with E-state index in [2.05, 4.69) is 34.7 Å². The predicted octanol–water partition coefficient (Wildman–Crippen LogP) is 1.40. The van der Waals surface area contributed by atoms with Crippen molar-refractivity contribution < 1.29 is 9.53 Å². The minimum Gasteiger partial charge on any atom is -0.378 e. The lowest BCUT2D eigenvalue weighted by Crippen LogP contribution is -2.43. The van der Waals surface area contributed by atoms with Crippen molar-refractivity contribution in [1.29, 1.82) is 0 Å². The maximum absolute atomic E-state index is 11.8. The maximum Gasteiger partial charge on any atom is 0.227 e. The van der Waals surface area contributed by atoms with Gasteiger partial charge in [-0.25, -0.2) is 0 Å². The number of ether oxygens (including phenoxy) is 1. The third-order valence-electron chi connectivity index (χ3n) is 2.61. The minimum atomic E-state index is -0.0514. The number of amides is 1. The molecule has 0 saturated carbocycles. The summed E-state index contributed by atoms with van der Waals surface area (Å²) in [6.07, 6.45) is 0.399. The standard InChI is InChI=1S/C11H18N4O2S.ClH/c1-7(2)10-14-15-11(18-10)13-9(16)5-8-6-17-4-3-12-8;/h7-8,12H,3-6H2,1-2H3,(H,13,15,16);1H. The monoisotopic (exact) mass is 306 g/mol. The zero-order chi connectivity index (χ0) is 13.0. The molecule has 1 unspecified atom stereocenters. The Balaban J connectivity index is 0.00000180. The lowest BCUT2D eigenvalue weighted by molar-refractivity contribution is -0.117. The van der Waals surface area contributed by atoms with E-state index in [1.165, 1.54) is 11.3 Å². The molecular formula is C11H19ClN4O2S. The Hall–Kier alpha value is -0.760. The highest BCUT2D eigenvalue weighted by molar-refractivity contribution is 7.15. The molecular weight excluding hydrogens is 288 g/mol. The minimum absolute atomic E-state index is 0. The highest BCUT2D eigenvalue weighted by Crippen LogP contribution is 2.22. The molecule has 2 rings (SSSR count). The summed E-state index contributed by atoms with van der Waals surface area (Å²) in [7, 11) is 0. The van der Waals surface area contributed by atoms with Gasteiger partial charge in [-0.3, -0.25) is 4.79 Å². The van der Waals surface area contributed by atoms with Gasteiger partial charge in [0.25, 0.3) is 0 Å². The second kappa shape index (κ2) is 7.74. The van der Waals surface area contributed by atoms with Crippen molar-refractivity contribution >= 4 is 34.8 Å². The SMILES string of the molecule is CC(C)c1nnc(NC(=O)CC2COCCN2)s1.Cl. The van der Waals surface area contributed by atoms with Crippen LogP contribution in [0, 0.1) is 0 Å². The number of rotatable bonds is 4. The maximum atomic E-state index is 11.8. The summed E-state index contributed by atoms with van der Waals surface area (Å²) >= 11 is 1.43. The molecule has 1 saturated heterocycles. The summed E-state index contributed by atoms with van der Waals surface area (Å²) in [5.74, 6) is 0.283. The van der Waals surface area contributed by atoms with Gasteiger partial charge in [-0.05, 0) is 0 Å². The normalized spacial score (nSPS) is 19.0. The number of nitrogens with zero attached hydrogens (tertiary/aromatic N) is 2. The molecule has 0 spiro atoms. The van der Waals surface area contributed by atoms with Crippen LogP contribution in [0.5, 0.6) is 0 Å². The van der Waals surface area contributed by atoms with Crippen LogP contribution in [0.25, 0.3) is 0 Å². The molecule has 2 N–H and O–H groups in total. The number of nitrogens with one attached hydrogen (secondary N) is 2. The highest BCUT2D eigenvalue weighted by Gasteiger charge is 2.18. The van der Waals surface area contributed by atoms with Gasteiger partial charge in [-0.2, -0.15) is 0 Å². The van der Waals surface area contributed by atoms with Gasteiger partial charge in [0.15, 0.2) is 0 Å². The van der Waals surface area contributed by atoms with Crippen LogP contribution in [-0.2, 0) is 9.53 Å². The topological polar surface area (TPSA) is 76.1 Å². The smallest absolute Gasteiger partial charge is 0.227 e. The van der Waals surface area contributed by atoms with Crippen molar-refractivity contribution in [2.45, 2.75) is 32.2 Å². The largest absolute Gasteiger partial charge is 0.378 e. The molecule has 2 heterocycles. The van der Waals surface area contributed by atoms with Gasteiger partial charge in [0, 0.05) is 24.9 Å². The number of anilines is 1. The average molecular weight is 307 g/mol. The van der Waals surface area contributed by atoms with Crippen LogP contribution in [0.2, 0.25) is 0 Å². The molecule has 1 aliphatic heterocycles. The lowest BCUT2D eigenvalue weighted by atomic mass is 10.2. The summed E-state index contributed by atoms with van der Waals surface area (Å²) in [5.41, 5.74) is 0. The molecule has 6 nitrogen and oxygen atoms in total. The van der Waals surface area contributed by atoms with Crippen LogP contribution < -0.4 is 10.6 Å². The molecule has 1 amide bonds. The van der Waals surface area contributed by atoms with Crippen LogP contribution in [0.15, 0.2) is 0 Å². The number of morpholine rings is 1. The van der Waals surface area contributed by atoms with Gasteiger partial charge >= 0.3 is 0 Å². The van der Waals surface area contributed by atoms with Gasteiger partial charge in [0.1, 0.15) is 5.01 Å². The number of hydrogen-bond donors (Lipinski definition) is 2. The fourth-order valence-electron chi connectivity index (χ4n) is 1.66. The Morgan fingerprint density at radius 3 is 2.95 bits per heavy atom. The molecule has 0 aliphatic carbocycles. The van der Waals surface area contributed by atoms with Crippen molar-refractivity contribution in [3.05, 3.63) is 5.01 Å². The first kappa shape index (κ1) is 16.3. The van der Waals surface area contributed by atoms with Crippen LogP contribution in [0.3, 0.4) is 0 Å². The Morgan fingerprint density at radius 2 is 2.37 bits per heavy atom. The second-order valence-corrected chi connectivity index (χ2v) is 5.59. The van der Waals surface area contributed by atoms with Gasteiger partial charge in [-0.1, -0.05) is 25.2 Å². The third kappa shape index (κ3) is 5.02. The number of carbonyl (C=O) groups is 1. The van der Waals surface area contributed by atoms with Crippen molar-refractivity contribution in [3.8, 4) is 0 Å². The molecule has 1 fully saturated rings. The molecule has 1 aromatic heterocycles. The van der Waals surface area contributed by atoms with E-state index >= 15 is 0 Å². The van der Waals surface area contributed by atoms with Crippen molar-refractivity contribution in [2.75, 3.05) is 25.1 Å². The number of halogens is 1. The van der Waals surface area contributed by atoms with Gasteiger partial charge in [-0.15, -0.1) is 22.6 Å². The quantitative estimate of drug-likeness (QED) is 0.879. The van der Waals surface area contributed by atoms with Gasteiger partial charge in [0.2, 0.25) is 11.0 Å². The van der Waals surface area contributed by atoms with E-state index in [1.54, 1.807) is 0 Å². The van der Waals surface area contributed by atoms with Crippen LogP contribution in [-0.4, -0.2) is 41.9 Å². The summed E-state index contributed by atoms with van der Waals surface area (Å²) in [4.78, 5) is 11.8. The second-order valence-electron chi connectivity index (χ2n) is 4.58. The van der Waals surface area contributed by atoms with Crippen LogP contribution in [0.1, 0.15) is 31.2 Å². The third-order valence-corrected chi connectivity index (χ3v) is 3.75. The summed E-state index contributed by atoms with van der Waals surface area (Å²) < 4.78 is 5.30. The molecule has 1 atom stereocenters. The number of carbonyl (C=O) groups excluding carboxylic acids is 1. The van der Waals surface area contributed by atoms with Gasteiger partial charge < -0.3 is 15.4 Å². The van der Waals surface area contributed by atoms with E-state index in [0.29, 0.717) is 30.7 Å². The molecule has 108 valence electrons. The summed E-state index contributed by atoms with van der Waals surface area (Å²) in [6, 6.07) is 0.0937. The summed E-state index contributed by atoms with van der Waals surface area (Å²) in [6.45, 7) is 6.20. The zero-order valence-electron chi connectivity index (χ0n) is 11.0. The van der Waals surface area contributed by atoms with E-state index < -0.39 is 0 Å². The number of hydrogen-bond acceptors (Lipinski definition) is 6. The van der Waals surface area contributed by atoms with E-state index in [4.69, 9.17) is 4.74 Å². The molecule has 0 aromatic carbocycles. The zero-order valence-corrected chi connectivity index (χ0v) is 12.6. The molecule has 19 heavy (non-hydrogen) atoms. The highest BCUT2D eigenvalue weighted by atomic mass is 35.5. The van der Waals surface area contributed by atoms with Crippen molar-refractivity contribution in [1.82, 2.24) is 15.5 Å². The van der Waals surface area contributed by atoms with E-state index in [1.807, 2.05) is 0 Å². The Labute approximate surface area is 122 Å². The van der Waals surface area contributed by atoms with Gasteiger partial charge in [0.05, 0.1) is 13.2 Å². The lowest BCUT2D eigenvalue weighted by Gasteiger charge is -2.22. The average Bonchev–Trinajstić information content (AvgIpc) is 2.78. The first-order valence-electron chi connectivity index (χ1n) is 6.09. The van der Waals surface area contributed by atoms with E-state index in [9.17, 15) is 4.79 Å². The molecule has 0 bridgehead atoms. The Morgan fingerprint density at radius 1 is 1.58 bits per heavy atom. The fraction of sp³-hybridized carbons (Fsp3) is 0.727. The van der Waals surface area contributed by atoms with Crippen molar-refractivity contribution in [2.24, 2.45) is 0 Å². The molecule has 1 aromatic rings. The Kier molecular flexibility index (Phi) is 6.64. The van der Waals surface area contributed by atoms with Crippen LogP contribution >= 0.6 is 23.7 Å². The summed E-state index contributed by atoms with van der Waals surface area (Å²) in [5, 5.41) is 15.5. The number of aromatic nitrogens is 2. The fourth-order valence-corrected chi connectivity index (χ4v) is 2.43. The van der Waals surface area contributed by atoms with Crippen LogP contribution in [0.4, 0.5) is 5.13 Å². The van der Waals surface area contributed by atoms with Crippen molar-refractivity contribution in [3.63, 3.8) is 0 Å². The first-order chi connectivity index (χ1) is 8.65. The van der Waals surface area contributed by atoms with E-state index in [-0.39, 0.29) is 24.4 Å². The molecule has 1 aliphatic rings. The van der Waals surface area contributed by atoms with E-state index in [0.717, 1.165) is 11.6 Å². The Bertz CT molecular complexity index is 407. The molecule has 0 radical (unpaired) electrons. The molecule has 8 heteroatoms. The first-order valence-corrected chi connectivity index (χ1v) is 6.91.